The summed E-state index contributed by atoms with van der Waals surface area (Å²) in [5.74, 6) is -0.184. The van der Waals surface area contributed by atoms with Crippen molar-refractivity contribution in [2.75, 3.05) is 19.0 Å². The Kier molecular flexibility index (Phi) is 4.40. The van der Waals surface area contributed by atoms with Crippen molar-refractivity contribution in [3.8, 4) is 0 Å². The number of hydrogen-bond donors (Lipinski definition) is 0. The van der Waals surface area contributed by atoms with Crippen LogP contribution in [-0.2, 0) is 18.5 Å². The molecule has 1 atom stereocenters. The zero-order valence-corrected chi connectivity index (χ0v) is 10.6. The van der Waals surface area contributed by atoms with Crippen molar-refractivity contribution in [3.05, 3.63) is 0 Å². The molecule has 1 aliphatic rings. The molecule has 0 spiro atoms. The summed E-state index contributed by atoms with van der Waals surface area (Å²) < 4.78 is 33.0. The molecule has 1 fully saturated rings. The highest BCUT2D eigenvalue weighted by Gasteiger charge is 2.36. The van der Waals surface area contributed by atoms with Crippen LogP contribution in [0.1, 0.15) is 26.7 Å². The number of rotatable bonds is 4. The van der Waals surface area contributed by atoms with Crippen molar-refractivity contribution in [2.24, 2.45) is 0 Å². The lowest BCUT2D eigenvalue weighted by Gasteiger charge is -2.39. The van der Waals surface area contributed by atoms with E-state index in [0.717, 1.165) is 12.8 Å². The fourth-order valence-corrected chi connectivity index (χ4v) is 2.75. The molecule has 1 rings (SSSR count). The summed E-state index contributed by atoms with van der Waals surface area (Å²) in [6.07, 6.45) is 1.17. The van der Waals surface area contributed by atoms with Gasteiger partial charge >= 0.3 is 0 Å². The molecule has 0 aromatic heterocycles. The van der Waals surface area contributed by atoms with Gasteiger partial charge in [-0.25, -0.2) is 8.42 Å². The zero-order chi connectivity index (χ0) is 11.5. The predicted molar refractivity (Wildman–Crippen MR) is 58.6 cm³/mol. The molecule has 0 bridgehead atoms. The first kappa shape index (κ1) is 13.2. The van der Waals surface area contributed by atoms with E-state index in [2.05, 4.69) is 0 Å². The molecule has 6 heteroatoms. The predicted octanol–water partition coefficient (Wildman–Crippen LogP) is 1.53. The molecule has 0 aromatic rings. The van der Waals surface area contributed by atoms with E-state index in [0.29, 0.717) is 13.2 Å². The van der Waals surface area contributed by atoms with Crippen LogP contribution in [0.5, 0.6) is 0 Å². The van der Waals surface area contributed by atoms with E-state index >= 15 is 0 Å². The Hall–Kier alpha value is 0.160. The van der Waals surface area contributed by atoms with Gasteiger partial charge < -0.3 is 9.47 Å². The second kappa shape index (κ2) is 4.99. The standard InChI is InChI=1S/C9H17ClO4S/c1-3-9(4-2)7-13-5-8(14-9)6-15(10,11)12/h8H,3-7H2,1-2H3. The lowest BCUT2D eigenvalue weighted by atomic mass is 9.97. The third-order valence-corrected chi connectivity index (χ3v) is 3.91. The van der Waals surface area contributed by atoms with Crippen LogP contribution in [0.25, 0.3) is 0 Å². The normalized spacial score (nSPS) is 26.5. The van der Waals surface area contributed by atoms with E-state index in [-0.39, 0.29) is 11.4 Å². The fourth-order valence-electron chi connectivity index (χ4n) is 1.72. The van der Waals surface area contributed by atoms with Crippen molar-refractivity contribution < 1.29 is 17.9 Å². The minimum Gasteiger partial charge on any atom is -0.376 e. The average molecular weight is 257 g/mol. The summed E-state index contributed by atoms with van der Waals surface area (Å²) in [7, 11) is 1.66. The molecule has 0 saturated carbocycles. The first-order chi connectivity index (χ1) is 6.91. The number of hydrogen-bond acceptors (Lipinski definition) is 4. The molecule has 0 radical (unpaired) electrons. The first-order valence-corrected chi connectivity index (χ1v) is 7.56. The van der Waals surface area contributed by atoms with Crippen LogP contribution in [0.3, 0.4) is 0 Å². The van der Waals surface area contributed by atoms with E-state index in [1.807, 2.05) is 13.8 Å². The SMILES string of the molecule is CCC1(CC)COCC(CS(=O)(=O)Cl)O1. The summed E-state index contributed by atoms with van der Waals surface area (Å²) in [5, 5.41) is 0. The van der Waals surface area contributed by atoms with Gasteiger partial charge in [-0.1, -0.05) is 13.8 Å². The molecule has 1 unspecified atom stereocenters. The molecular weight excluding hydrogens is 240 g/mol. The summed E-state index contributed by atoms with van der Waals surface area (Å²) in [6.45, 7) is 4.83. The van der Waals surface area contributed by atoms with Crippen molar-refractivity contribution in [1.82, 2.24) is 0 Å². The minimum absolute atomic E-state index is 0.184. The largest absolute Gasteiger partial charge is 0.376 e. The van der Waals surface area contributed by atoms with Gasteiger partial charge in [0, 0.05) is 10.7 Å². The molecule has 15 heavy (non-hydrogen) atoms. The smallest absolute Gasteiger partial charge is 0.235 e. The third kappa shape index (κ3) is 3.90. The summed E-state index contributed by atoms with van der Waals surface area (Å²) in [4.78, 5) is 0. The van der Waals surface area contributed by atoms with E-state index < -0.39 is 15.2 Å². The molecule has 90 valence electrons. The maximum atomic E-state index is 10.9. The van der Waals surface area contributed by atoms with Gasteiger partial charge in [0.2, 0.25) is 9.05 Å². The molecular formula is C9H17ClO4S. The summed E-state index contributed by atoms with van der Waals surface area (Å²) in [5.41, 5.74) is -0.343. The van der Waals surface area contributed by atoms with Gasteiger partial charge in [0.05, 0.1) is 30.7 Å². The van der Waals surface area contributed by atoms with Crippen molar-refractivity contribution in [1.29, 1.82) is 0 Å². The highest BCUT2D eigenvalue weighted by Crippen LogP contribution is 2.27. The fraction of sp³-hybridized carbons (Fsp3) is 1.00. The van der Waals surface area contributed by atoms with Crippen molar-refractivity contribution >= 4 is 19.7 Å². The zero-order valence-electron chi connectivity index (χ0n) is 9.03. The minimum atomic E-state index is -3.52. The van der Waals surface area contributed by atoms with Gasteiger partial charge in [-0.2, -0.15) is 0 Å². The van der Waals surface area contributed by atoms with E-state index in [9.17, 15) is 8.42 Å². The Balaban J connectivity index is 2.63. The average Bonchev–Trinajstić information content (AvgIpc) is 2.15. The molecule has 1 aliphatic heterocycles. The molecule has 0 aromatic carbocycles. The van der Waals surface area contributed by atoms with Gasteiger partial charge in [-0.3, -0.25) is 0 Å². The van der Waals surface area contributed by atoms with Crippen molar-refractivity contribution in [3.63, 3.8) is 0 Å². The van der Waals surface area contributed by atoms with Gasteiger partial charge in [0.15, 0.2) is 0 Å². The van der Waals surface area contributed by atoms with E-state index in [1.54, 1.807) is 0 Å². The van der Waals surface area contributed by atoms with Gasteiger partial charge in [0.25, 0.3) is 0 Å². The lowest BCUT2D eigenvalue weighted by molar-refractivity contribution is -0.193. The van der Waals surface area contributed by atoms with Crippen LogP contribution in [0, 0.1) is 0 Å². The topological polar surface area (TPSA) is 52.6 Å². The summed E-state index contributed by atoms with van der Waals surface area (Å²) >= 11 is 0. The molecule has 0 amide bonds. The highest BCUT2D eigenvalue weighted by atomic mass is 35.7. The first-order valence-electron chi connectivity index (χ1n) is 5.08. The van der Waals surface area contributed by atoms with Gasteiger partial charge in [0.1, 0.15) is 0 Å². The molecule has 4 nitrogen and oxygen atoms in total. The van der Waals surface area contributed by atoms with Crippen molar-refractivity contribution in [2.45, 2.75) is 38.4 Å². The lowest BCUT2D eigenvalue weighted by Crippen LogP contribution is -2.48. The van der Waals surface area contributed by atoms with Gasteiger partial charge in [-0.05, 0) is 12.8 Å². The van der Waals surface area contributed by atoms with E-state index in [4.69, 9.17) is 20.2 Å². The molecule has 0 aliphatic carbocycles. The van der Waals surface area contributed by atoms with Crippen LogP contribution < -0.4 is 0 Å². The second-order valence-corrected chi connectivity index (χ2v) is 6.67. The highest BCUT2D eigenvalue weighted by molar-refractivity contribution is 8.13. The maximum absolute atomic E-state index is 10.9. The monoisotopic (exact) mass is 256 g/mol. The molecule has 1 heterocycles. The molecule has 1 saturated heterocycles. The van der Waals surface area contributed by atoms with Crippen LogP contribution in [0.2, 0.25) is 0 Å². The Morgan fingerprint density at radius 3 is 2.47 bits per heavy atom. The Labute approximate surface area is 95.3 Å². The maximum Gasteiger partial charge on any atom is 0.235 e. The number of halogens is 1. The Morgan fingerprint density at radius 1 is 1.40 bits per heavy atom. The van der Waals surface area contributed by atoms with E-state index in [1.165, 1.54) is 0 Å². The van der Waals surface area contributed by atoms with Gasteiger partial charge in [-0.15, -0.1) is 0 Å². The summed E-state index contributed by atoms with van der Waals surface area (Å²) in [6, 6.07) is 0. The van der Waals surface area contributed by atoms with Crippen LogP contribution >= 0.6 is 10.7 Å². The van der Waals surface area contributed by atoms with Crippen LogP contribution in [0.15, 0.2) is 0 Å². The van der Waals surface area contributed by atoms with Crippen LogP contribution in [-0.4, -0.2) is 39.1 Å². The third-order valence-electron chi connectivity index (χ3n) is 2.76. The molecule has 0 N–H and O–H groups in total. The quantitative estimate of drug-likeness (QED) is 0.716. The Morgan fingerprint density at radius 2 is 2.00 bits per heavy atom. The number of ether oxygens (including phenoxy) is 2. The second-order valence-electron chi connectivity index (χ2n) is 3.85. The Bertz CT molecular complexity index is 297. The van der Waals surface area contributed by atoms with Crippen LogP contribution in [0.4, 0.5) is 0 Å².